The summed E-state index contributed by atoms with van der Waals surface area (Å²) in [5.41, 5.74) is 7.12. The minimum absolute atomic E-state index is 0.268. The van der Waals surface area contributed by atoms with Gasteiger partial charge in [-0.2, -0.15) is 0 Å². The molecule has 0 saturated heterocycles. The van der Waals surface area contributed by atoms with Crippen molar-refractivity contribution in [3.8, 4) is 0 Å². The van der Waals surface area contributed by atoms with E-state index in [-0.39, 0.29) is 7.92 Å². The van der Waals surface area contributed by atoms with E-state index < -0.39 is 0 Å². The molecule has 0 spiro atoms. The summed E-state index contributed by atoms with van der Waals surface area (Å²) in [6.07, 6.45) is 1.16. The molecule has 1 aliphatic rings. The fourth-order valence-corrected chi connectivity index (χ4v) is 6.33. The lowest BCUT2D eigenvalue weighted by Crippen LogP contribution is -2.23. The van der Waals surface area contributed by atoms with Crippen LogP contribution in [0.4, 0.5) is 5.69 Å². The molecule has 0 bridgehead atoms. The molecule has 1 aliphatic heterocycles. The topological polar surface area (TPSA) is 26.0 Å². The SMILES string of the molecule is CCP1c2ccccc2Sc2cccc(N)c21. The van der Waals surface area contributed by atoms with Gasteiger partial charge in [-0.05, 0) is 37.6 Å². The van der Waals surface area contributed by atoms with Crippen molar-refractivity contribution in [2.75, 3.05) is 11.9 Å². The van der Waals surface area contributed by atoms with Gasteiger partial charge in [0, 0.05) is 20.8 Å². The molecule has 1 unspecified atom stereocenters. The highest BCUT2D eigenvalue weighted by atomic mass is 32.2. The predicted octanol–water partition coefficient (Wildman–Crippen LogP) is 3.19. The molecule has 17 heavy (non-hydrogen) atoms. The number of fused-ring (bicyclic) bond motifs is 2. The summed E-state index contributed by atoms with van der Waals surface area (Å²) in [5, 5.41) is 2.87. The van der Waals surface area contributed by atoms with Gasteiger partial charge >= 0.3 is 0 Å². The van der Waals surface area contributed by atoms with Crippen LogP contribution in [0.3, 0.4) is 0 Å². The first-order valence-electron chi connectivity index (χ1n) is 5.74. The number of hydrogen-bond donors (Lipinski definition) is 1. The average molecular weight is 259 g/mol. The summed E-state index contributed by atoms with van der Waals surface area (Å²) in [6, 6.07) is 15.0. The molecule has 2 aromatic rings. The minimum Gasteiger partial charge on any atom is -0.398 e. The third kappa shape index (κ3) is 1.76. The molecular formula is C14H14NPS. The minimum atomic E-state index is -0.268. The monoisotopic (exact) mass is 259 g/mol. The van der Waals surface area contributed by atoms with Crippen LogP contribution in [0.1, 0.15) is 6.92 Å². The summed E-state index contributed by atoms with van der Waals surface area (Å²) in [4.78, 5) is 2.75. The van der Waals surface area contributed by atoms with Gasteiger partial charge in [0.15, 0.2) is 0 Å². The zero-order valence-corrected chi connectivity index (χ0v) is 11.4. The Labute approximate surface area is 107 Å². The molecular weight excluding hydrogens is 245 g/mol. The van der Waals surface area contributed by atoms with Crippen LogP contribution < -0.4 is 16.3 Å². The fourth-order valence-electron chi connectivity index (χ4n) is 2.24. The molecule has 0 aromatic heterocycles. The lowest BCUT2D eigenvalue weighted by atomic mass is 10.3. The van der Waals surface area contributed by atoms with Crippen LogP contribution in [-0.4, -0.2) is 6.16 Å². The average Bonchev–Trinajstić information content (AvgIpc) is 2.36. The van der Waals surface area contributed by atoms with Gasteiger partial charge in [-0.15, -0.1) is 0 Å². The van der Waals surface area contributed by atoms with E-state index in [0.717, 1.165) is 11.8 Å². The van der Waals surface area contributed by atoms with Gasteiger partial charge < -0.3 is 5.73 Å². The Kier molecular flexibility index (Phi) is 2.85. The molecule has 0 aliphatic carbocycles. The number of anilines is 1. The van der Waals surface area contributed by atoms with Crippen molar-refractivity contribution in [2.45, 2.75) is 16.7 Å². The summed E-state index contributed by atoms with van der Waals surface area (Å²) in [7, 11) is -0.268. The van der Waals surface area contributed by atoms with Crippen LogP contribution in [0.5, 0.6) is 0 Å². The molecule has 86 valence electrons. The Bertz CT molecular complexity index is 568. The van der Waals surface area contributed by atoms with Crippen molar-refractivity contribution >= 4 is 36.0 Å². The quantitative estimate of drug-likeness (QED) is 0.628. The van der Waals surface area contributed by atoms with Crippen molar-refractivity contribution in [2.24, 2.45) is 0 Å². The second-order valence-corrected chi connectivity index (χ2v) is 7.51. The van der Waals surface area contributed by atoms with Crippen LogP contribution in [0.25, 0.3) is 0 Å². The molecule has 0 amide bonds. The molecule has 0 saturated carbocycles. The highest BCUT2D eigenvalue weighted by Crippen LogP contribution is 2.47. The Balaban J connectivity index is 2.23. The Hall–Kier alpha value is -0.980. The van der Waals surface area contributed by atoms with Gasteiger partial charge in [0.25, 0.3) is 0 Å². The van der Waals surface area contributed by atoms with Crippen LogP contribution >= 0.6 is 19.7 Å². The van der Waals surface area contributed by atoms with Gasteiger partial charge in [0.1, 0.15) is 0 Å². The zero-order valence-electron chi connectivity index (χ0n) is 9.68. The van der Waals surface area contributed by atoms with E-state index in [1.165, 1.54) is 20.4 Å². The van der Waals surface area contributed by atoms with Gasteiger partial charge in [-0.3, -0.25) is 0 Å². The summed E-state index contributed by atoms with van der Waals surface area (Å²) in [5.74, 6) is 0. The van der Waals surface area contributed by atoms with Crippen LogP contribution in [0, 0.1) is 0 Å². The Morgan fingerprint density at radius 2 is 1.82 bits per heavy atom. The van der Waals surface area contributed by atoms with Crippen molar-refractivity contribution < 1.29 is 0 Å². The standard InChI is InChI=1S/C14H14NPS/c1-2-16-11-7-3-4-8-12(11)17-13-9-5-6-10(15)14(13)16/h3-9H,2,15H2,1H3. The van der Waals surface area contributed by atoms with Crippen molar-refractivity contribution in [1.82, 2.24) is 0 Å². The lowest BCUT2D eigenvalue weighted by Gasteiger charge is -2.28. The Morgan fingerprint density at radius 1 is 1.06 bits per heavy atom. The summed E-state index contributed by atoms with van der Waals surface area (Å²) in [6.45, 7) is 2.26. The highest BCUT2D eigenvalue weighted by molar-refractivity contribution is 8.01. The normalized spacial score (nSPS) is 17.4. The van der Waals surface area contributed by atoms with Crippen molar-refractivity contribution in [3.63, 3.8) is 0 Å². The predicted molar refractivity (Wildman–Crippen MR) is 78.1 cm³/mol. The first-order chi connectivity index (χ1) is 8.31. The van der Waals surface area contributed by atoms with E-state index in [0.29, 0.717) is 0 Å². The molecule has 0 radical (unpaired) electrons. The molecule has 1 nitrogen and oxygen atoms in total. The zero-order chi connectivity index (χ0) is 11.8. The van der Waals surface area contributed by atoms with E-state index >= 15 is 0 Å². The van der Waals surface area contributed by atoms with Crippen LogP contribution in [0.2, 0.25) is 0 Å². The van der Waals surface area contributed by atoms with Gasteiger partial charge in [0.05, 0.1) is 0 Å². The molecule has 2 aromatic carbocycles. The second kappa shape index (κ2) is 4.36. The van der Waals surface area contributed by atoms with Crippen LogP contribution in [-0.2, 0) is 0 Å². The first-order valence-corrected chi connectivity index (χ1v) is 8.08. The number of hydrogen-bond acceptors (Lipinski definition) is 2. The lowest BCUT2D eigenvalue weighted by molar-refractivity contribution is 1.42. The highest BCUT2D eigenvalue weighted by Gasteiger charge is 2.25. The number of rotatable bonds is 1. The maximum atomic E-state index is 6.17. The number of nitrogens with two attached hydrogens (primary N) is 1. The van der Waals surface area contributed by atoms with E-state index in [9.17, 15) is 0 Å². The van der Waals surface area contributed by atoms with Crippen LogP contribution in [0.15, 0.2) is 52.3 Å². The number of benzene rings is 2. The molecule has 3 heteroatoms. The smallest absolute Gasteiger partial charge is 0.0406 e. The van der Waals surface area contributed by atoms with Gasteiger partial charge in [0.2, 0.25) is 0 Å². The van der Waals surface area contributed by atoms with E-state index in [1.54, 1.807) is 0 Å². The summed E-state index contributed by atoms with van der Waals surface area (Å²) < 4.78 is 0. The van der Waals surface area contributed by atoms with Gasteiger partial charge in [-0.1, -0.05) is 43.0 Å². The van der Waals surface area contributed by atoms with Crippen molar-refractivity contribution in [1.29, 1.82) is 0 Å². The summed E-state index contributed by atoms with van der Waals surface area (Å²) >= 11 is 1.85. The largest absolute Gasteiger partial charge is 0.398 e. The van der Waals surface area contributed by atoms with Crippen molar-refractivity contribution in [3.05, 3.63) is 42.5 Å². The maximum Gasteiger partial charge on any atom is 0.0406 e. The number of nitrogen functional groups attached to an aromatic ring is 1. The van der Waals surface area contributed by atoms with Gasteiger partial charge in [-0.25, -0.2) is 0 Å². The molecule has 3 rings (SSSR count). The van der Waals surface area contributed by atoms with E-state index in [2.05, 4.69) is 43.3 Å². The first kappa shape index (κ1) is 11.1. The van der Waals surface area contributed by atoms with E-state index in [1.807, 2.05) is 17.8 Å². The molecule has 1 atom stereocenters. The Morgan fingerprint density at radius 3 is 2.65 bits per heavy atom. The van der Waals surface area contributed by atoms with E-state index in [4.69, 9.17) is 5.73 Å². The molecule has 1 heterocycles. The third-order valence-corrected chi connectivity index (χ3v) is 7.07. The maximum absolute atomic E-state index is 6.17. The second-order valence-electron chi connectivity index (χ2n) is 4.01. The molecule has 0 fully saturated rings. The molecule has 2 N–H and O–H groups in total. The fraction of sp³-hybridized carbons (Fsp3) is 0.143. The third-order valence-electron chi connectivity index (χ3n) is 2.99.